The van der Waals surface area contributed by atoms with Gasteiger partial charge in [0.05, 0.1) is 6.67 Å². The predicted molar refractivity (Wildman–Crippen MR) is 38.9 cm³/mol. The van der Waals surface area contributed by atoms with Gasteiger partial charge in [0.2, 0.25) is 0 Å². The van der Waals surface area contributed by atoms with Crippen molar-refractivity contribution in [1.82, 2.24) is 9.97 Å². The van der Waals surface area contributed by atoms with Gasteiger partial charge in [-0.15, -0.1) is 0 Å². The molecule has 5 heteroatoms. The zero-order chi connectivity index (χ0) is 8.27. The summed E-state index contributed by atoms with van der Waals surface area (Å²) in [4.78, 5) is 16.8. The number of nitrogens with two attached hydrogens (primary N) is 1. The summed E-state index contributed by atoms with van der Waals surface area (Å²) in [5.41, 5.74) is 5.12. The third kappa shape index (κ3) is 1.76. The lowest BCUT2D eigenvalue weighted by molar-refractivity contribution is 0.493. The highest BCUT2D eigenvalue weighted by Crippen LogP contribution is 1.91. The molecule has 60 valence electrons. The number of nitrogen functional groups attached to an aromatic ring is 1. The van der Waals surface area contributed by atoms with Crippen LogP contribution in [0.2, 0.25) is 0 Å². The molecule has 0 saturated carbocycles. The minimum atomic E-state index is -0.561. The van der Waals surface area contributed by atoms with E-state index in [1.807, 2.05) is 0 Å². The Hall–Kier alpha value is -1.39. The van der Waals surface area contributed by atoms with E-state index in [2.05, 4.69) is 9.97 Å². The lowest BCUT2D eigenvalue weighted by Crippen LogP contribution is -2.15. The van der Waals surface area contributed by atoms with E-state index in [0.29, 0.717) is 5.56 Å². The molecule has 1 aromatic heterocycles. The van der Waals surface area contributed by atoms with Crippen molar-refractivity contribution in [3.8, 4) is 0 Å². The molecule has 4 nitrogen and oxygen atoms in total. The molecule has 0 aromatic carbocycles. The number of anilines is 1. The van der Waals surface area contributed by atoms with Crippen molar-refractivity contribution >= 4 is 5.95 Å². The first kappa shape index (κ1) is 7.71. The van der Waals surface area contributed by atoms with Crippen LogP contribution < -0.4 is 11.3 Å². The van der Waals surface area contributed by atoms with Crippen molar-refractivity contribution in [2.24, 2.45) is 0 Å². The largest absolute Gasteiger partial charge is 0.369 e. The molecule has 0 aliphatic heterocycles. The summed E-state index contributed by atoms with van der Waals surface area (Å²) in [6.07, 6.45) is 1.37. The molecule has 0 atom stereocenters. The molecule has 0 unspecified atom stereocenters. The molecular formula is C6H8FN3O. The standard InChI is InChI=1S/C6H8FN3O/c7-2-1-4-3-9-6(8)10-5(4)11/h3H,1-2H2,(H3,8,9,10,11). The number of alkyl halides is 1. The molecule has 0 bridgehead atoms. The van der Waals surface area contributed by atoms with Gasteiger partial charge in [0.15, 0.2) is 5.95 Å². The highest BCUT2D eigenvalue weighted by atomic mass is 19.1. The van der Waals surface area contributed by atoms with Crippen LogP contribution in [0, 0.1) is 0 Å². The molecule has 0 spiro atoms. The van der Waals surface area contributed by atoms with Crippen LogP contribution >= 0.6 is 0 Å². The average molecular weight is 157 g/mol. The topological polar surface area (TPSA) is 71.8 Å². The van der Waals surface area contributed by atoms with Gasteiger partial charge in [-0.2, -0.15) is 0 Å². The summed E-state index contributed by atoms with van der Waals surface area (Å²) in [7, 11) is 0. The Balaban J connectivity index is 3.00. The SMILES string of the molecule is Nc1ncc(CCF)c(=O)[nH]1. The number of aryl methyl sites for hydroxylation is 1. The second-order valence-electron chi connectivity index (χ2n) is 2.06. The zero-order valence-corrected chi connectivity index (χ0v) is 5.80. The number of aromatic nitrogens is 2. The fourth-order valence-corrected chi connectivity index (χ4v) is 0.715. The summed E-state index contributed by atoms with van der Waals surface area (Å²) in [5, 5.41) is 0. The number of hydrogen-bond donors (Lipinski definition) is 2. The van der Waals surface area contributed by atoms with E-state index < -0.39 is 6.67 Å². The van der Waals surface area contributed by atoms with Crippen molar-refractivity contribution in [3.63, 3.8) is 0 Å². The van der Waals surface area contributed by atoms with Crippen LogP contribution in [0.4, 0.5) is 10.3 Å². The monoisotopic (exact) mass is 157 g/mol. The van der Waals surface area contributed by atoms with Gasteiger partial charge >= 0.3 is 0 Å². The number of halogens is 1. The first-order chi connectivity index (χ1) is 5.24. The molecule has 0 amide bonds. The molecule has 0 aliphatic rings. The average Bonchev–Trinajstić information content (AvgIpc) is 1.95. The van der Waals surface area contributed by atoms with Gasteiger partial charge in [0.1, 0.15) is 0 Å². The lowest BCUT2D eigenvalue weighted by atomic mass is 10.2. The van der Waals surface area contributed by atoms with Crippen LogP contribution in [0.15, 0.2) is 11.0 Å². The molecular weight excluding hydrogens is 149 g/mol. The molecule has 1 aromatic rings. The maximum Gasteiger partial charge on any atom is 0.255 e. The van der Waals surface area contributed by atoms with E-state index in [1.165, 1.54) is 6.20 Å². The van der Waals surface area contributed by atoms with Crippen LogP contribution in [-0.4, -0.2) is 16.6 Å². The Morgan fingerprint density at radius 2 is 2.45 bits per heavy atom. The van der Waals surface area contributed by atoms with E-state index in [1.54, 1.807) is 0 Å². The van der Waals surface area contributed by atoms with Crippen molar-refractivity contribution < 1.29 is 4.39 Å². The molecule has 0 aliphatic carbocycles. The van der Waals surface area contributed by atoms with Crippen LogP contribution in [0.25, 0.3) is 0 Å². The molecule has 0 saturated heterocycles. The molecule has 11 heavy (non-hydrogen) atoms. The Bertz CT molecular complexity index is 296. The molecule has 0 fully saturated rings. The van der Waals surface area contributed by atoms with Gasteiger partial charge in [-0.3, -0.25) is 14.2 Å². The minimum absolute atomic E-state index is 0.0533. The number of rotatable bonds is 2. The normalized spacial score (nSPS) is 9.91. The van der Waals surface area contributed by atoms with Crippen LogP contribution in [0.1, 0.15) is 5.56 Å². The Morgan fingerprint density at radius 1 is 1.73 bits per heavy atom. The van der Waals surface area contributed by atoms with Crippen molar-refractivity contribution in [2.75, 3.05) is 12.4 Å². The third-order valence-corrected chi connectivity index (χ3v) is 1.26. The molecule has 0 radical (unpaired) electrons. The molecule has 3 N–H and O–H groups in total. The summed E-state index contributed by atoms with van der Waals surface area (Å²) >= 11 is 0. The van der Waals surface area contributed by atoms with Crippen LogP contribution in [0.5, 0.6) is 0 Å². The van der Waals surface area contributed by atoms with Gasteiger partial charge in [-0.1, -0.05) is 0 Å². The Labute approximate surface area is 62.3 Å². The Kier molecular flexibility index (Phi) is 2.20. The quantitative estimate of drug-likeness (QED) is 0.627. The minimum Gasteiger partial charge on any atom is -0.369 e. The van der Waals surface area contributed by atoms with Crippen molar-refractivity contribution in [2.45, 2.75) is 6.42 Å². The zero-order valence-electron chi connectivity index (χ0n) is 5.80. The number of nitrogens with one attached hydrogen (secondary N) is 1. The van der Waals surface area contributed by atoms with E-state index in [9.17, 15) is 9.18 Å². The van der Waals surface area contributed by atoms with E-state index in [0.717, 1.165) is 0 Å². The maximum atomic E-state index is 11.7. The molecule has 1 heterocycles. The summed E-state index contributed by atoms with van der Waals surface area (Å²) < 4.78 is 11.7. The maximum absolute atomic E-state index is 11.7. The van der Waals surface area contributed by atoms with E-state index in [4.69, 9.17) is 5.73 Å². The number of nitrogens with zero attached hydrogens (tertiary/aromatic N) is 1. The van der Waals surface area contributed by atoms with E-state index >= 15 is 0 Å². The second-order valence-corrected chi connectivity index (χ2v) is 2.06. The predicted octanol–water partition coefficient (Wildman–Crippen LogP) is -0.136. The summed E-state index contributed by atoms with van der Waals surface area (Å²) in [6.45, 7) is -0.561. The van der Waals surface area contributed by atoms with Gasteiger partial charge in [0, 0.05) is 18.2 Å². The number of aromatic amines is 1. The highest BCUT2D eigenvalue weighted by molar-refractivity contribution is 5.17. The van der Waals surface area contributed by atoms with Crippen molar-refractivity contribution in [1.29, 1.82) is 0 Å². The van der Waals surface area contributed by atoms with Gasteiger partial charge in [0.25, 0.3) is 5.56 Å². The van der Waals surface area contributed by atoms with Crippen LogP contribution in [-0.2, 0) is 6.42 Å². The van der Waals surface area contributed by atoms with Crippen molar-refractivity contribution in [3.05, 3.63) is 22.1 Å². The first-order valence-electron chi connectivity index (χ1n) is 3.13. The van der Waals surface area contributed by atoms with Gasteiger partial charge in [-0.05, 0) is 0 Å². The first-order valence-corrected chi connectivity index (χ1v) is 3.13. The third-order valence-electron chi connectivity index (χ3n) is 1.26. The number of H-pyrrole nitrogens is 1. The number of hydrogen-bond acceptors (Lipinski definition) is 3. The second kappa shape index (κ2) is 3.14. The Morgan fingerprint density at radius 3 is 3.00 bits per heavy atom. The smallest absolute Gasteiger partial charge is 0.255 e. The highest BCUT2D eigenvalue weighted by Gasteiger charge is 1.98. The van der Waals surface area contributed by atoms with Gasteiger partial charge in [-0.25, -0.2) is 4.98 Å². The fourth-order valence-electron chi connectivity index (χ4n) is 0.715. The molecule has 1 rings (SSSR count). The van der Waals surface area contributed by atoms with Crippen LogP contribution in [0.3, 0.4) is 0 Å². The fraction of sp³-hybridized carbons (Fsp3) is 0.333. The summed E-state index contributed by atoms with van der Waals surface area (Å²) in [5.74, 6) is 0.0533. The van der Waals surface area contributed by atoms with Gasteiger partial charge < -0.3 is 5.73 Å². The van der Waals surface area contributed by atoms with E-state index in [-0.39, 0.29) is 17.9 Å². The summed E-state index contributed by atoms with van der Waals surface area (Å²) in [6, 6.07) is 0. The lowest BCUT2D eigenvalue weighted by Gasteiger charge is -1.95.